The molecule has 1 atom stereocenters. The average molecular weight is 284 g/mol. The van der Waals surface area contributed by atoms with E-state index in [0.29, 0.717) is 18.4 Å². The zero-order chi connectivity index (χ0) is 15.0. The second kappa shape index (κ2) is 8.12. The Morgan fingerprint density at radius 1 is 1.25 bits per heavy atom. The molecule has 0 aromatic heterocycles. The number of carboxylic acid groups (broad SMARTS) is 1. The van der Waals surface area contributed by atoms with E-state index in [-0.39, 0.29) is 18.4 Å². The van der Waals surface area contributed by atoms with E-state index >= 15 is 0 Å². The lowest BCUT2D eigenvalue weighted by atomic mass is 9.83. The molecule has 0 spiro atoms. The molecule has 0 bridgehead atoms. The quantitative estimate of drug-likeness (QED) is 0.641. The number of carbonyl (C=O) groups is 2. The van der Waals surface area contributed by atoms with E-state index in [1.54, 1.807) is 0 Å². The molecule has 0 aromatic carbocycles. The van der Waals surface area contributed by atoms with Gasteiger partial charge in [-0.05, 0) is 37.0 Å². The molecule has 1 saturated carbocycles. The highest BCUT2D eigenvalue weighted by molar-refractivity contribution is 5.73. The van der Waals surface area contributed by atoms with Crippen molar-refractivity contribution in [3.8, 4) is 0 Å². The van der Waals surface area contributed by atoms with E-state index in [2.05, 4.69) is 17.6 Å². The molecule has 2 amide bonds. The number of amides is 2. The Balaban J connectivity index is 2.18. The van der Waals surface area contributed by atoms with Crippen LogP contribution in [0.3, 0.4) is 0 Å². The smallest absolute Gasteiger partial charge is 0.314 e. The molecular weight excluding hydrogens is 256 g/mol. The molecular formula is C15H28N2O3. The fourth-order valence-corrected chi connectivity index (χ4v) is 2.85. The van der Waals surface area contributed by atoms with E-state index < -0.39 is 5.97 Å². The first kappa shape index (κ1) is 16.8. The molecule has 3 N–H and O–H groups in total. The summed E-state index contributed by atoms with van der Waals surface area (Å²) in [5, 5.41) is 14.4. The van der Waals surface area contributed by atoms with Gasteiger partial charge in [-0.2, -0.15) is 0 Å². The van der Waals surface area contributed by atoms with Crippen LogP contribution in [0.2, 0.25) is 0 Å². The van der Waals surface area contributed by atoms with Gasteiger partial charge in [-0.25, -0.2) is 4.79 Å². The first-order valence-electron chi connectivity index (χ1n) is 7.71. The summed E-state index contributed by atoms with van der Waals surface area (Å²) in [6.07, 6.45) is 6.81. The third-order valence-electron chi connectivity index (χ3n) is 4.50. The highest BCUT2D eigenvalue weighted by Crippen LogP contribution is 2.40. The van der Waals surface area contributed by atoms with Crippen molar-refractivity contribution < 1.29 is 14.7 Å². The standard InChI is InChI=1S/C15H28N2O3/c1-3-15(8-4-5-9-15)11-17-14(20)16-10-12(2)6-7-13(18)19/h12H,3-11H2,1-2H3,(H,18,19)(H2,16,17,20). The van der Waals surface area contributed by atoms with Crippen molar-refractivity contribution in [1.82, 2.24) is 10.6 Å². The molecule has 116 valence electrons. The summed E-state index contributed by atoms with van der Waals surface area (Å²) >= 11 is 0. The lowest BCUT2D eigenvalue weighted by molar-refractivity contribution is -0.137. The van der Waals surface area contributed by atoms with Crippen LogP contribution in [0, 0.1) is 11.3 Å². The van der Waals surface area contributed by atoms with Gasteiger partial charge in [0.25, 0.3) is 0 Å². The summed E-state index contributed by atoms with van der Waals surface area (Å²) in [6, 6.07) is -0.133. The Bertz CT molecular complexity index is 325. The van der Waals surface area contributed by atoms with Crippen molar-refractivity contribution >= 4 is 12.0 Å². The number of hydrogen-bond donors (Lipinski definition) is 3. The SMILES string of the molecule is CCC1(CNC(=O)NCC(C)CCC(=O)O)CCCC1. The lowest BCUT2D eigenvalue weighted by Crippen LogP contribution is -2.42. The molecule has 1 aliphatic carbocycles. The third kappa shape index (κ3) is 5.80. The van der Waals surface area contributed by atoms with Gasteiger partial charge in [0, 0.05) is 19.5 Å². The second-order valence-corrected chi connectivity index (χ2v) is 6.16. The number of rotatable bonds is 8. The Kier molecular flexibility index (Phi) is 6.82. The van der Waals surface area contributed by atoms with Gasteiger partial charge in [0.1, 0.15) is 0 Å². The zero-order valence-electron chi connectivity index (χ0n) is 12.7. The first-order valence-corrected chi connectivity index (χ1v) is 7.71. The van der Waals surface area contributed by atoms with Gasteiger partial charge in [0.05, 0.1) is 0 Å². The third-order valence-corrected chi connectivity index (χ3v) is 4.50. The first-order chi connectivity index (χ1) is 9.47. The molecule has 5 heteroatoms. The van der Waals surface area contributed by atoms with Gasteiger partial charge < -0.3 is 15.7 Å². The van der Waals surface area contributed by atoms with Crippen LogP contribution in [-0.2, 0) is 4.79 Å². The van der Waals surface area contributed by atoms with Crippen molar-refractivity contribution in [2.75, 3.05) is 13.1 Å². The maximum absolute atomic E-state index is 11.8. The van der Waals surface area contributed by atoms with Crippen LogP contribution < -0.4 is 10.6 Å². The van der Waals surface area contributed by atoms with E-state index in [1.807, 2.05) is 6.92 Å². The summed E-state index contributed by atoms with van der Waals surface area (Å²) in [6.45, 7) is 5.42. The lowest BCUT2D eigenvalue weighted by Gasteiger charge is -2.27. The summed E-state index contributed by atoms with van der Waals surface area (Å²) in [4.78, 5) is 22.2. The highest BCUT2D eigenvalue weighted by atomic mass is 16.4. The maximum Gasteiger partial charge on any atom is 0.314 e. The van der Waals surface area contributed by atoms with E-state index in [4.69, 9.17) is 5.11 Å². The van der Waals surface area contributed by atoms with E-state index in [1.165, 1.54) is 25.7 Å². The van der Waals surface area contributed by atoms with Gasteiger partial charge in [-0.1, -0.05) is 26.7 Å². The fourth-order valence-electron chi connectivity index (χ4n) is 2.85. The minimum absolute atomic E-state index is 0.133. The molecule has 1 unspecified atom stereocenters. The number of hydrogen-bond acceptors (Lipinski definition) is 2. The highest BCUT2D eigenvalue weighted by Gasteiger charge is 2.32. The summed E-state index contributed by atoms with van der Waals surface area (Å²) < 4.78 is 0. The molecule has 20 heavy (non-hydrogen) atoms. The van der Waals surface area contributed by atoms with Crippen molar-refractivity contribution in [2.24, 2.45) is 11.3 Å². The van der Waals surface area contributed by atoms with Gasteiger partial charge in [-0.3, -0.25) is 4.79 Å². The molecule has 5 nitrogen and oxygen atoms in total. The number of nitrogens with one attached hydrogen (secondary N) is 2. The van der Waals surface area contributed by atoms with Gasteiger partial charge in [-0.15, -0.1) is 0 Å². The van der Waals surface area contributed by atoms with Crippen LogP contribution in [-0.4, -0.2) is 30.2 Å². The minimum atomic E-state index is -0.785. The Morgan fingerprint density at radius 2 is 1.90 bits per heavy atom. The maximum atomic E-state index is 11.8. The number of urea groups is 1. The van der Waals surface area contributed by atoms with Crippen LogP contribution in [0.5, 0.6) is 0 Å². The van der Waals surface area contributed by atoms with Crippen molar-refractivity contribution in [2.45, 2.75) is 58.8 Å². The monoisotopic (exact) mass is 284 g/mol. The molecule has 1 aliphatic rings. The average Bonchev–Trinajstić information content (AvgIpc) is 2.90. The van der Waals surface area contributed by atoms with Crippen molar-refractivity contribution in [1.29, 1.82) is 0 Å². The van der Waals surface area contributed by atoms with Gasteiger partial charge in [0.15, 0.2) is 0 Å². The Labute approximate surface area is 121 Å². The molecule has 0 aliphatic heterocycles. The number of aliphatic carboxylic acids is 1. The summed E-state index contributed by atoms with van der Waals surface area (Å²) in [7, 11) is 0. The summed E-state index contributed by atoms with van der Waals surface area (Å²) in [5.41, 5.74) is 0.298. The fraction of sp³-hybridized carbons (Fsp3) is 0.867. The van der Waals surface area contributed by atoms with Crippen LogP contribution >= 0.6 is 0 Å². The topological polar surface area (TPSA) is 78.4 Å². The molecule has 0 heterocycles. The normalized spacial score (nSPS) is 18.5. The second-order valence-electron chi connectivity index (χ2n) is 6.16. The van der Waals surface area contributed by atoms with Gasteiger partial charge >= 0.3 is 12.0 Å². The van der Waals surface area contributed by atoms with Crippen molar-refractivity contribution in [3.63, 3.8) is 0 Å². The molecule has 1 rings (SSSR count). The van der Waals surface area contributed by atoms with Crippen LogP contribution in [0.4, 0.5) is 4.79 Å². The predicted octanol–water partition coefficient (Wildman–Crippen LogP) is 2.76. The summed E-state index contributed by atoms with van der Waals surface area (Å²) in [5.74, 6) is -0.601. The van der Waals surface area contributed by atoms with Crippen LogP contribution in [0.25, 0.3) is 0 Å². The zero-order valence-corrected chi connectivity index (χ0v) is 12.7. The van der Waals surface area contributed by atoms with Gasteiger partial charge in [0.2, 0.25) is 0 Å². The molecule has 0 radical (unpaired) electrons. The van der Waals surface area contributed by atoms with Crippen LogP contribution in [0.1, 0.15) is 58.8 Å². The number of carboxylic acids is 1. The van der Waals surface area contributed by atoms with E-state index in [0.717, 1.165) is 13.0 Å². The largest absolute Gasteiger partial charge is 0.481 e. The number of carbonyl (C=O) groups excluding carboxylic acids is 1. The molecule has 0 aromatic rings. The predicted molar refractivity (Wildman–Crippen MR) is 78.6 cm³/mol. The van der Waals surface area contributed by atoms with Crippen LogP contribution in [0.15, 0.2) is 0 Å². The Hall–Kier alpha value is -1.26. The van der Waals surface area contributed by atoms with Crippen molar-refractivity contribution in [3.05, 3.63) is 0 Å². The molecule has 1 fully saturated rings. The molecule has 0 saturated heterocycles. The Morgan fingerprint density at radius 3 is 2.45 bits per heavy atom. The van der Waals surface area contributed by atoms with E-state index in [9.17, 15) is 9.59 Å². The minimum Gasteiger partial charge on any atom is -0.481 e.